The van der Waals surface area contributed by atoms with Gasteiger partial charge in [-0.2, -0.15) is 11.8 Å². The molecule has 0 aromatic rings. The highest BCUT2D eigenvalue weighted by atomic mass is 32.2. The number of hydrogen-bond acceptors (Lipinski definition) is 3. The molecule has 0 saturated carbocycles. The van der Waals surface area contributed by atoms with Crippen molar-refractivity contribution in [1.82, 2.24) is 4.72 Å². The molecule has 1 atom stereocenters. The molecule has 1 saturated heterocycles. The SMILES string of the molecule is CCCS(=O)(=O)NCC1CCCS1. The average molecular weight is 223 g/mol. The zero-order valence-electron chi connectivity index (χ0n) is 7.95. The minimum Gasteiger partial charge on any atom is -0.214 e. The molecular formula is C8H17NO2S2. The van der Waals surface area contributed by atoms with Crippen molar-refractivity contribution >= 4 is 21.8 Å². The first kappa shape index (κ1) is 11.3. The molecule has 0 radical (unpaired) electrons. The minimum atomic E-state index is -2.98. The van der Waals surface area contributed by atoms with Crippen molar-refractivity contribution in [3.8, 4) is 0 Å². The van der Waals surface area contributed by atoms with Crippen molar-refractivity contribution in [1.29, 1.82) is 0 Å². The quantitative estimate of drug-likeness (QED) is 0.762. The summed E-state index contributed by atoms with van der Waals surface area (Å²) in [7, 11) is -2.98. The molecule has 13 heavy (non-hydrogen) atoms. The summed E-state index contributed by atoms with van der Waals surface area (Å²) >= 11 is 1.87. The Hall–Kier alpha value is 0.260. The lowest BCUT2D eigenvalue weighted by Crippen LogP contribution is -2.31. The van der Waals surface area contributed by atoms with Crippen LogP contribution in [0.5, 0.6) is 0 Å². The summed E-state index contributed by atoms with van der Waals surface area (Å²) in [5.74, 6) is 1.44. The van der Waals surface area contributed by atoms with Crippen LogP contribution >= 0.6 is 11.8 Å². The Morgan fingerprint density at radius 3 is 2.85 bits per heavy atom. The average Bonchev–Trinajstić information content (AvgIpc) is 2.52. The van der Waals surface area contributed by atoms with Gasteiger partial charge in [-0.15, -0.1) is 0 Å². The molecule has 78 valence electrons. The summed E-state index contributed by atoms with van der Waals surface area (Å²) < 4.78 is 25.2. The highest BCUT2D eigenvalue weighted by Gasteiger charge is 2.17. The molecule has 0 spiro atoms. The van der Waals surface area contributed by atoms with Gasteiger partial charge in [0.05, 0.1) is 5.75 Å². The van der Waals surface area contributed by atoms with Gasteiger partial charge in [0, 0.05) is 11.8 Å². The van der Waals surface area contributed by atoms with E-state index in [4.69, 9.17) is 0 Å². The van der Waals surface area contributed by atoms with E-state index in [-0.39, 0.29) is 5.75 Å². The van der Waals surface area contributed by atoms with Crippen molar-refractivity contribution in [2.45, 2.75) is 31.4 Å². The van der Waals surface area contributed by atoms with Gasteiger partial charge in [-0.05, 0) is 25.0 Å². The van der Waals surface area contributed by atoms with Gasteiger partial charge in [-0.3, -0.25) is 0 Å². The molecule has 1 aliphatic heterocycles. The third-order valence-corrected chi connectivity index (χ3v) is 4.98. The maximum Gasteiger partial charge on any atom is 0.211 e. The van der Waals surface area contributed by atoms with Crippen LogP contribution in [0.2, 0.25) is 0 Å². The molecule has 0 aromatic heterocycles. The summed E-state index contributed by atoms with van der Waals surface area (Å²) in [4.78, 5) is 0. The largest absolute Gasteiger partial charge is 0.214 e. The lowest BCUT2D eigenvalue weighted by Gasteiger charge is -2.09. The summed E-state index contributed by atoms with van der Waals surface area (Å²) in [5, 5.41) is 0.506. The van der Waals surface area contributed by atoms with Crippen molar-refractivity contribution in [3.63, 3.8) is 0 Å². The maximum absolute atomic E-state index is 11.3. The van der Waals surface area contributed by atoms with Crippen molar-refractivity contribution in [3.05, 3.63) is 0 Å². The Morgan fingerprint density at radius 2 is 2.31 bits per heavy atom. The van der Waals surface area contributed by atoms with Gasteiger partial charge in [0.25, 0.3) is 0 Å². The monoisotopic (exact) mass is 223 g/mol. The molecule has 1 aliphatic rings. The highest BCUT2D eigenvalue weighted by molar-refractivity contribution is 8.00. The standard InChI is InChI=1S/C8H17NO2S2/c1-2-6-13(10,11)9-7-8-4-3-5-12-8/h8-9H,2-7H2,1H3. The molecule has 1 rings (SSSR count). The molecule has 1 unspecified atom stereocenters. The predicted octanol–water partition coefficient (Wildman–Crippen LogP) is 1.21. The van der Waals surface area contributed by atoms with Gasteiger partial charge >= 0.3 is 0 Å². The number of thioether (sulfide) groups is 1. The molecule has 0 aliphatic carbocycles. The highest BCUT2D eigenvalue weighted by Crippen LogP contribution is 2.25. The Morgan fingerprint density at radius 1 is 1.54 bits per heavy atom. The van der Waals surface area contributed by atoms with Crippen LogP contribution in [0.15, 0.2) is 0 Å². The molecule has 0 amide bonds. The smallest absolute Gasteiger partial charge is 0.211 e. The normalized spacial score (nSPS) is 23.6. The molecule has 0 aromatic carbocycles. The molecule has 1 N–H and O–H groups in total. The second-order valence-electron chi connectivity index (χ2n) is 3.30. The van der Waals surface area contributed by atoms with Crippen molar-refractivity contribution < 1.29 is 8.42 Å². The fraction of sp³-hybridized carbons (Fsp3) is 1.00. The van der Waals surface area contributed by atoms with E-state index in [9.17, 15) is 8.42 Å². The minimum absolute atomic E-state index is 0.254. The van der Waals surface area contributed by atoms with Crippen LogP contribution in [0.4, 0.5) is 0 Å². The summed E-state index contributed by atoms with van der Waals surface area (Å²) in [5.41, 5.74) is 0. The van der Waals surface area contributed by atoms with Crippen molar-refractivity contribution in [2.75, 3.05) is 18.1 Å². The van der Waals surface area contributed by atoms with Gasteiger partial charge in [-0.1, -0.05) is 6.92 Å². The number of hydrogen-bond donors (Lipinski definition) is 1. The van der Waals surface area contributed by atoms with E-state index in [0.29, 0.717) is 18.2 Å². The zero-order chi connectivity index (χ0) is 9.73. The van der Waals surface area contributed by atoms with Gasteiger partial charge in [0.2, 0.25) is 10.0 Å². The van der Waals surface area contributed by atoms with E-state index in [1.54, 1.807) is 0 Å². The van der Waals surface area contributed by atoms with Crippen LogP contribution in [0.3, 0.4) is 0 Å². The van der Waals surface area contributed by atoms with E-state index in [2.05, 4.69) is 4.72 Å². The Kier molecular flexibility index (Phi) is 4.55. The van der Waals surface area contributed by atoms with Gasteiger partial charge in [0.15, 0.2) is 0 Å². The molecule has 1 fully saturated rings. The summed E-state index contributed by atoms with van der Waals surface area (Å²) in [6.45, 7) is 2.50. The van der Waals surface area contributed by atoms with Gasteiger partial charge < -0.3 is 0 Å². The van der Waals surface area contributed by atoms with Crippen LogP contribution in [0.25, 0.3) is 0 Å². The van der Waals surface area contributed by atoms with E-state index in [1.165, 1.54) is 12.2 Å². The molecule has 0 bridgehead atoms. The summed E-state index contributed by atoms with van der Waals surface area (Å²) in [6.07, 6.45) is 3.07. The van der Waals surface area contributed by atoms with Gasteiger partial charge in [-0.25, -0.2) is 13.1 Å². The predicted molar refractivity (Wildman–Crippen MR) is 57.6 cm³/mol. The van der Waals surface area contributed by atoms with Crippen LogP contribution in [0.1, 0.15) is 26.2 Å². The third kappa shape index (κ3) is 4.33. The van der Waals surface area contributed by atoms with Crippen LogP contribution < -0.4 is 4.72 Å². The fourth-order valence-electron chi connectivity index (χ4n) is 1.37. The third-order valence-electron chi connectivity index (χ3n) is 2.03. The number of sulfonamides is 1. The van der Waals surface area contributed by atoms with E-state index >= 15 is 0 Å². The molecular weight excluding hydrogens is 206 g/mol. The first-order valence-electron chi connectivity index (χ1n) is 4.73. The fourth-order valence-corrected chi connectivity index (χ4v) is 3.81. The number of nitrogens with one attached hydrogen (secondary N) is 1. The molecule has 5 heteroatoms. The Bertz CT molecular complexity index is 233. The van der Waals surface area contributed by atoms with E-state index in [0.717, 1.165) is 6.42 Å². The zero-order valence-corrected chi connectivity index (χ0v) is 9.59. The second-order valence-corrected chi connectivity index (χ2v) is 6.64. The maximum atomic E-state index is 11.3. The van der Waals surface area contributed by atoms with Crippen molar-refractivity contribution in [2.24, 2.45) is 0 Å². The van der Waals surface area contributed by atoms with E-state index < -0.39 is 10.0 Å². The molecule has 3 nitrogen and oxygen atoms in total. The van der Waals surface area contributed by atoms with Gasteiger partial charge in [0.1, 0.15) is 0 Å². The lowest BCUT2D eigenvalue weighted by molar-refractivity contribution is 0.577. The van der Waals surface area contributed by atoms with Crippen LogP contribution in [-0.4, -0.2) is 31.7 Å². The Labute approximate surface area is 84.7 Å². The molecule has 1 heterocycles. The first-order chi connectivity index (χ1) is 6.14. The first-order valence-corrected chi connectivity index (χ1v) is 7.43. The lowest BCUT2D eigenvalue weighted by atomic mass is 10.2. The van der Waals surface area contributed by atoms with Crippen LogP contribution in [-0.2, 0) is 10.0 Å². The Balaban J connectivity index is 2.24. The van der Waals surface area contributed by atoms with Crippen LogP contribution in [0, 0.1) is 0 Å². The topological polar surface area (TPSA) is 46.2 Å². The van der Waals surface area contributed by atoms with E-state index in [1.807, 2.05) is 18.7 Å². The number of rotatable bonds is 5. The second kappa shape index (κ2) is 5.22. The summed E-state index contributed by atoms with van der Waals surface area (Å²) in [6, 6.07) is 0.